The molecular formula is C14H14O3S. The van der Waals surface area contributed by atoms with Crippen molar-refractivity contribution >= 4 is 33.2 Å². The quantitative estimate of drug-likeness (QED) is 0.850. The molecule has 0 amide bonds. The molecule has 2 rings (SSSR count). The summed E-state index contributed by atoms with van der Waals surface area (Å²) in [5.41, 5.74) is 1.39. The molecule has 0 bridgehead atoms. The highest BCUT2D eigenvalue weighted by molar-refractivity contribution is 7.21. The summed E-state index contributed by atoms with van der Waals surface area (Å²) in [6, 6.07) is 5.47. The molecule has 0 spiro atoms. The van der Waals surface area contributed by atoms with Crippen molar-refractivity contribution < 1.29 is 14.7 Å². The van der Waals surface area contributed by atoms with E-state index in [1.165, 1.54) is 11.3 Å². The lowest BCUT2D eigenvalue weighted by atomic mass is 10.0. The number of carbonyl (C=O) groups excluding carboxylic acids is 1. The number of benzene rings is 1. The number of aromatic carboxylic acids is 1. The Kier molecular flexibility index (Phi) is 3.48. The lowest BCUT2D eigenvalue weighted by Crippen LogP contribution is -1.97. The molecule has 0 saturated carbocycles. The van der Waals surface area contributed by atoms with E-state index in [1.54, 1.807) is 13.0 Å². The van der Waals surface area contributed by atoms with Crippen LogP contribution in [0.3, 0.4) is 0 Å². The Balaban J connectivity index is 2.66. The number of fused-ring (bicyclic) bond motifs is 1. The summed E-state index contributed by atoms with van der Waals surface area (Å²) in [6.45, 7) is 3.75. The Bertz CT molecular complexity index is 625. The fraction of sp³-hybridized carbons (Fsp3) is 0.286. The molecule has 1 heterocycles. The van der Waals surface area contributed by atoms with Crippen LogP contribution in [-0.2, 0) is 0 Å². The van der Waals surface area contributed by atoms with Gasteiger partial charge in [-0.1, -0.05) is 19.1 Å². The van der Waals surface area contributed by atoms with Crippen molar-refractivity contribution in [3.63, 3.8) is 0 Å². The number of rotatable bonds is 4. The molecule has 94 valence electrons. The maximum atomic E-state index is 12.0. The third-order valence-corrected chi connectivity index (χ3v) is 4.26. The first kappa shape index (κ1) is 12.8. The molecule has 1 aromatic carbocycles. The van der Waals surface area contributed by atoms with Crippen molar-refractivity contribution in [1.29, 1.82) is 0 Å². The van der Waals surface area contributed by atoms with Gasteiger partial charge in [-0.3, -0.25) is 4.79 Å². The van der Waals surface area contributed by atoms with Crippen LogP contribution in [0.15, 0.2) is 18.2 Å². The summed E-state index contributed by atoms with van der Waals surface area (Å²) < 4.78 is 0.797. The summed E-state index contributed by atoms with van der Waals surface area (Å²) in [5.74, 6) is -0.844. The van der Waals surface area contributed by atoms with Crippen molar-refractivity contribution in [2.24, 2.45) is 0 Å². The molecule has 0 unspecified atom stereocenters. The first-order chi connectivity index (χ1) is 8.56. The largest absolute Gasteiger partial charge is 0.477 e. The average Bonchev–Trinajstić information content (AvgIpc) is 2.67. The lowest BCUT2D eigenvalue weighted by Gasteiger charge is -2.00. The number of Topliss-reactive ketones (excluding diaryl/α,β-unsaturated/α-hetero) is 1. The second-order valence-corrected chi connectivity index (χ2v) is 5.24. The Morgan fingerprint density at radius 1 is 1.33 bits per heavy atom. The maximum Gasteiger partial charge on any atom is 0.346 e. The first-order valence-corrected chi connectivity index (χ1v) is 6.66. The van der Waals surface area contributed by atoms with E-state index in [9.17, 15) is 9.59 Å². The number of hydrogen-bond acceptors (Lipinski definition) is 3. The average molecular weight is 262 g/mol. The molecule has 0 radical (unpaired) electrons. The Morgan fingerprint density at radius 3 is 2.67 bits per heavy atom. The van der Waals surface area contributed by atoms with Crippen LogP contribution in [0, 0.1) is 6.92 Å². The fourth-order valence-corrected chi connectivity index (χ4v) is 3.21. The van der Waals surface area contributed by atoms with E-state index in [0.717, 1.165) is 22.1 Å². The van der Waals surface area contributed by atoms with Crippen molar-refractivity contribution in [1.82, 2.24) is 0 Å². The second-order valence-electron chi connectivity index (χ2n) is 4.22. The first-order valence-electron chi connectivity index (χ1n) is 5.84. The number of carboxylic acids is 1. The van der Waals surface area contributed by atoms with Gasteiger partial charge in [0, 0.05) is 16.7 Å². The van der Waals surface area contributed by atoms with E-state index in [-0.39, 0.29) is 5.78 Å². The molecule has 0 aliphatic carbocycles. The minimum absolute atomic E-state index is 0.0845. The van der Waals surface area contributed by atoms with E-state index in [4.69, 9.17) is 5.11 Å². The third-order valence-electron chi connectivity index (χ3n) is 2.94. The highest BCUT2D eigenvalue weighted by Crippen LogP contribution is 2.33. The van der Waals surface area contributed by atoms with E-state index in [2.05, 4.69) is 0 Å². The van der Waals surface area contributed by atoms with Gasteiger partial charge in [-0.25, -0.2) is 4.79 Å². The van der Waals surface area contributed by atoms with Gasteiger partial charge in [-0.05, 0) is 30.4 Å². The fourth-order valence-electron chi connectivity index (χ4n) is 2.03. The van der Waals surface area contributed by atoms with E-state index in [0.29, 0.717) is 16.9 Å². The van der Waals surface area contributed by atoms with Crippen molar-refractivity contribution in [3.05, 3.63) is 34.2 Å². The standard InChI is InChI=1S/C14H14O3S/c1-3-5-11(15)10-7-4-6-9-8(2)12(14(16)17)18-13(9)10/h4,6-7H,3,5H2,1-2H3,(H,16,17). The predicted octanol–water partition coefficient (Wildman–Crippen LogP) is 3.89. The van der Waals surface area contributed by atoms with Gasteiger partial charge in [0.1, 0.15) is 4.88 Å². The Hall–Kier alpha value is -1.68. The van der Waals surface area contributed by atoms with Crippen LogP contribution in [0.2, 0.25) is 0 Å². The van der Waals surface area contributed by atoms with Crippen molar-refractivity contribution in [2.75, 3.05) is 0 Å². The lowest BCUT2D eigenvalue weighted by molar-refractivity contribution is 0.0701. The molecular weight excluding hydrogens is 248 g/mol. The van der Waals surface area contributed by atoms with Crippen molar-refractivity contribution in [2.45, 2.75) is 26.7 Å². The highest BCUT2D eigenvalue weighted by Gasteiger charge is 2.18. The zero-order chi connectivity index (χ0) is 13.3. The molecule has 1 N–H and O–H groups in total. The number of hydrogen-bond donors (Lipinski definition) is 1. The van der Waals surface area contributed by atoms with Gasteiger partial charge in [0.2, 0.25) is 0 Å². The zero-order valence-electron chi connectivity index (χ0n) is 10.3. The molecule has 0 fully saturated rings. The smallest absolute Gasteiger partial charge is 0.346 e. The zero-order valence-corrected chi connectivity index (χ0v) is 11.1. The molecule has 18 heavy (non-hydrogen) atoms. The van der Waals surface area contributed by atoms with E-state index in [1.807, 2.05) is 19.1 Å². The summed E-state index contributed by atoms with van der Waals surface area (Å²) in [4.78, 5) is 23.5. The minimum atomic E-state index is -0.928. The normalized spacial score (nSPS) is 10.8. The van der Waals surface area contributed by atoms with Crippen LogP contribution < -0.4 is 0 Å². The van der Waals surface area contributed by atoms with Gasteiger partial charge < -0.3 is 5.11 Å². The number of aryl methyl sites for hydroxylation is 1. The van der Waals surface area contributed by atoms with E-state index >= 15 is 0 Å². The van der Waals surface area contributed by atoms with Crippen LogP contribution in [0.25, 0.3) is 10.1 Å². The van der Waals surface area contributed by atoms with Crippen LogP contribution in [0.1, 0.15) is 45.4 Å². The van der Waals surface area contributed by atoms with E-state index < -0.39 is 5.97 Å². The molecule has 0 atom stereocenters. The number of ketones is 1. The predicted molar refractivity (Wildman–Crippen MR) is 72.8 cm³/mol. The van der Waals surface area contributed by atoms with Gasteiger partial charge in [0.25, 0.3) is 0 Å². The van der Waals surface area contributed by atoms with Crippen LogP contribution in [-0.4, -0.2) is 16.9 Å². The van der Waals surface area contributed by atoms with Gasteiger partial charge in [-0.2, -0.15) is 0 Å². The Morgan fingerprint density at radius 2 is 2.06 bits per heavy atom. The molecule has 2 aromatic rings. The summed E-state index contributed by atoms with van der Waals surface area (Å²) in [5, 5.41) is 10.00. The minimum Gasteiger partial charge on any atom is -0.477 e. The van der Waals surface area contributed by atoms with Gasteiger partial charge in [-0.15, -0.1) is 11.3 Å². The number of carboxylic acid groups (broad SMARTS) is 1. The number of carbonyl (C=O) groups is 2. The third kappa shape index (κ3) is 2.04. The molecule has 0 aliphatic rings. The molecule has 3 nitrogen and oxygen atoms in total. The monoisotopic (exact) mass is 262 g/mol. The maximum absolute atomic E-state index is 12.0. The molecule has 0 aliphatic heterocycles. The SMILES string of the molecule is CCCC(=O)c1cccc2c(C)c(C(=O)O)sc12. The number of thiophene rings is 1. The molecule has 4 heteroatoms. The van der Waals surface area contributed by atoms with Crippen LogP contribution in [0.5, 0.6) is 0 Å². The molecule has 1 aromatic heterocycles. The summed E-state index contributed by atoms with van der Waals surface area (Å²) in [7, 11) is 0. The van der Waals surface area contributed by atoms with Crippen LogP contribution >= 0.6 is 11.3 Å². The van der Waals surface area contributed by atoms with Gasteiger partial charge in [0.05, 0.1) is 0 Å². The highest BCUT2D eigenvalue weighted by atomic mass is 32.1. The summed E-state index contributed by atoms with van der Waals surface area (Å²) >= 11 is 1.19. The topological polar surface area (TPSA) is 54.4 Å². The van der Waals surface area contributed by atoms with Crippen molar-refractivity contribution in [3.8, 4) is 0 Å². The van der Waals surface area contributed by atoms with Gasteiger partial charge >= 0.3 is 5.97 Å². The second kappa shape index (κ2) is 4.90. The Labute approximate surface area is 109 Å². The van der Waals surface area contributed by atoms with Crippen LogP contribution in [0.4, 0.5) is 0 Å². The summed E-state index contributed by atoms with van der Waals surface area (Å²) in [6.07, 6.45) is 1.30. The molecule has 0 saturated heterocycles. The van der Waals surface area contributed by atoms with Gasteiger partial charge in [0.15, 0.2) is 5.78 Å².